The van der Waals surface area contributed by atoms with Gasteiger partial charge in [0.25, 0.3) is 0 Å². The van der Waals surface area contributed by atoms with E-state index in [0.717, 1.165) is 12.1 Å². The Morgan fingerprint density at radius 2 is 1.92 bits per heavy atom. The number of halogens is 4. The Morgan fingerprint density at radius 3 is 2.46 bits per heavy atom. The molecule has 0 atom stereocenters. The standard InChI is InChI=1S/C8H4ClF3O/c9-5-2-1-4(6(13)3-10)7(11)8(5)12/h1-2H,3H2. The van der Waals surface area contributed by atoms with Crippen molar-refractivity contribution in [2.75, 3.05) is 6.67 Å². The topological polar surface area (TPSA) is 17.1 Å². The van der Waals surface area contributed by atoms with E-state index in [0.29, 0.717) is 0 Å². The quantitative estimate of drug-likeness (QED) is 0.540. The molecule has 0 aliphatic rings. The Kier molecular flexibility index (Phi) is 2.93. The van der Waals surface area contributed by atoms with Gasteiger partial charge in [0.05, 0.1) is 10.6 Å². The van der Waals surface area contributed by atoms with Crippen LogP contribution in [-0.2, 0) is 0 Å². The summed E-state index contributed by atoms with van der Waals surface area (Å²) < 4.78 is 37.4. The molecule has 1 aromatic carbocycles. The highest BCUT2D eigenvalue weighted by molar-refractivity contribution is 6.30. The first-order valence-electron chi connectivity index (χ1n) is 3.30. The smallest absolute Gasteiger partial charge is 0.196 e. The third-order valence-electron chi connectivity index (χ3n) is 1.46. The molecule has 1 rings (SSSR count). The molecule has 13 heavy (non-hydrogen) atoms. The van der Waals surface area contributed by atoms with Gasteiger partial charge in [0, 0.05) is 0 Å². The van der Waals surface area contributed by atoms with E-state index < -0.39 is 34.7 Å². The summed E-state index contributed by atoms with van der Waals surface area (Å²) in [5.74, 6) is -3.84. The molecule has 0 amide bonds. The highest BCUT2D eigenvalue weighted by atomic mass is 35.5. The maximum absolute atomic E-state index is 12.9. The minimum absolute atomic E-state index is 0.437. The van der Waals surface area contributed by atoms with E-state index in [1.165, 1.54) is 0 Å². The van der Waals surface area contributed by atoms with Crippen molar-refractivity contribution >= 4 is 17.4 Å². The number of benzene rings is 1. The van der Waals surface area contributed by atoms with Crippen molar-refractivity contribution in [3.05, 3.63) is 34.4 Å². The van der Waals surface area contributed by atoms with Crippen LogP contribution in [0.3, 0.4) is 0 Å². The maximum Gasteiger partial charge on any atom is 0.196 e. The average Bonchev–Trinajstić information content (AvgIpc) is 2.13. The first-order valence-corrected chi connectivity index (χ1v) is 3.68. The monoisotopic (exact) mass is 208 g/mol. The lowest BCUT2D eigenvalue weighted by Gasteiger charge is -2.01. The van der Waals surface area contributed by atoms with E-state index in [9.17, 15) is 18.0 Å². The van der Waals surface area contributed by atoms with Crippen LogP contribution in [0.1, 0.15) is 10.4 Å². The van der Waals surface area contributed by atoms with Crippen molar-refractivity contribution in [1.82, 2.24) is 0 Å². The van der Waals surface area contributed by atoms with E-state index >= 15 is 0 Å². The second-order valence-electron chi connectivity index (χ2n) is 2.28. The maximum atomic E-state index is 12.9. The summed E-state index contributed by atoms with van der Waals surface area (Å²) in [4.78, 5) is 10.7. The molecule has 0 bridgehead atoms. The molecule has 0 N–H and O–H groups in total. The van der Waals surface area contributed by atoms with E-state index in [2.05, 4.69) is 0 Å². The predicted octanol–water partition coefficient (Wildman–Crippen LogP) is 2.77. The molecular formula is C8H4ClF3O. The molecule has 0 fully saturated rings. The molecule has 0 radical (unpaired) electrons. The Labute approximate surface area is 77.1 Å². The highest BCUT2D eigenvalue weighted by Gasteiger charge is 2.17. The summed E-state index contributed by atoms with van der Waals surface area (Å²) in [6.07, 6.45) is 0. The number of Topliss-reactive ketones (excluding diaryl/α,β-unsaturated/α-hetero) is 1. The van der Waals surface area contributed by atoms with Crippen molar-refractivity contribution in [3.63, 3.8) is 0 Å². The molecule has 0 aliphatic carbocycles. The van der Waals surface area contributed by atoms with Gasteiger partial charge in [-0.25, -0.2) is 13.2 Å². The third-order valence-corrected chi connectivity index (χ3v) is 1.75. The lowest BCUT2D eigenvalue weighted by molar-refractivity contribution is 0.0953. The van der Waals surface area contributed by atoms with Gasteiger partial charge in [-0.15, -0.1) is 0 Å². The second kappa shape index (κ2) is 3.79. The predicted molar refractivity (Wildman–Crippen MR) is 41.7 cm³/mol. The van der Waals surface area contributed by atoms with Crippen molar-refractivity contribution in [2.24, 2.45) is 0 Å². The Balaban J connectivity index is 3.26. The Hall–Kier alpha value is -1.03. The molecule has 0 aromatic heterocycles. The van der Waals surface area contributed by atoms with Gasteiger partial charge >= 0.3 is 0 Å². The van der Waals surface area contributed by atoms with E-state index in [1.54, 1.807) is 0 Å². The summed E-state index contributed by atoms with van der Waals surface area (Å²) in [5.41, 5.74) is -0.621. The van der Waals surface area contributed by atoms with E-state index in [4.69, 9.17) is 11.6 Å². The van der Waals surface area contributed by atoms with Crippen LogP contribution in [0.25, 0.3) is 0 Å². The minimum Gasteiger partial charge on any atom is -0.291 e. The molecule has 70 valence electrons. The summed E-state index contributed by atoms with van der Waals surface area (Å²) in [7, 11) is 0. The van der Waals surface area contributed by atoms with Crippen LogP contribution in [0.4, 0.5) is 13.2 Å². The normalized spacial score (nSPS) is 10.2. The van der Waals surface area contributed by atoms with Crippen molar-refractivity contribution in [3.8, 4) is 0 Å². The molecule has 0 heterocycles. The molecular weight excluding hydrogens is 205 g/mol. The second-order valence-corrected chi connectivity index (χ2v) is 2.69. The molecule has 1 aromatic rings. The highest BCUT2D eigenvalue weighted by Crippen LogP contribution is 2.20. The number of carbonyl (C=O) groups is 1. The SMILES string of the molecule is O=C(CF)c1ccc(Cl)c(F)c1F. The van der Waals surface area contributed by atoms with Crippen LogP contribution in [0.5, 0.6) is 0 Å². The van der Waals surface area contributed by atoms with Gasteiger partial charge in [-0.3, -0.25) is 4.79 Å². The minimum atomic E-state index is -1.41. The number of alkyl halides is 1. The Bertz CT molecular complexity index is 351. The van der Waals surface area contributed by atoms with Gasteiger partial charge in [0.2, 0.25) is 0 Å². The number of hydrogen-bond acceptors (Lipinski definition) is 1. The first kappa shape index (κ1) is 10.1. The van der Waals surface area contributed by atoms with Gasteiger partial charge in [-0.1, -0.05) is 11.6 Å². The van der Waals surface area contributed by atoms with Gasteiger partial charge in [-0.2, -0.15) is 0 Å². The van der Waals surface area contributed by atoms with Crippen LogP contribution in [-0.4, -0.2) is 12.5 Å². The number of hydrogen-bond donors (Lipinski definition) is 0. The molecule has 0 spiro atoms. The van der Waals surface area contributed by atoms with Crippen LogP contribution in [0.15, 0.2) is 12.1 Å². The molecule has 1 nitrogen and oxygen atoms in total. The van der Waals surface area contributed by atoms with E-state index in [-0.39, 0.29) is 0 Å². The van der Waals surface area contributed by atoms with Crippen LogP contribution < -0.4 is 0 Å². The zero-order chi connectivity index (χ0) is 10.0. The van der Waals surface area contributed by atoms with Crippen LogP contribution in [0, 0.1) is 11.6 Å². The van der Waals surface area contributed by atoms with Crippen molar-refractivity contribution in [2.45, 2.75) is 0 Å². The zero-order valence-electron chi connectivity index (χ0n) is 6.28. The fourth-order valence-electron chi connectivity index (χ4n) is 0.813. The summed E-state index contributed by atoms with van der Waals surface area (Å²) in [5, 5.41) is -0.437. The van der Waals surface area contributed by atoms with Crippen molar-refractivity contribution < 1.29 is 18.0 Å². The third kappa shape index (κ3) is 1.83. The van der Waals surface area contributed by atoms with Crippen LogP contribution in [0.2, 0.25) is 5.02 Å². The molecule has 0 saturated heterocycles. The van der Waals surface area contributed by atoms with Gasteiger partial charge in [0.15, 0.2) is 24.1 Å². The zero-order valence-corrected chi connectivity index (χ0v) is 7.04. The lowest BCUT2D eigenvalue weighted by Crippen LogP contribution is -2.06. The first-order chi connectivity index (χ1) is 6.07. The fourth-order valence-corrected chi connectivity index (χ4v) is 0.959. The van der Waals surface area contributed by atoms with Crippen molar-refractivity contribution in [1.29, 1.82) is 0 Å². The molecule has 5 heteroatoms. The number of carbonyl (C=O) groups excluding carboxylic acids is 1. The molecule has 0 saturated carbocycles. The number of ketones is 1. The average molecular weight is 209 g/mol. The Morgan fingerprint density at radius 1 is 1.31 bits per heavy atom. The largest absolute Gasteiger partial charge is 0.291 e. The van der Waals surface area contributed by atoms with Crippen LogP contribution >= 0.6 is 11.6 Å². The molecule has 0 aliphatic heterocycles. The van der Waals surface area contributed by atoms with E-state index in [1.807, 2.05) is 0 Å². The summed E-state index contributed by atoms with van der Waals surface area (Å²) >= 11 is 5.21. The van der Waals surface area contributed by atoms with Gasteiger partial charge in [-0.05, 0) is 12.1 Å². The van der Waals surface area contributed by atoms with Gasteiger partial charge in [0.1, 0.15) is 0 Å². The fraction of sp³-hybridized carbons (Fsp3) is 0.125. The molecule has 0 unspecified atom stereocenters. The summed E-state index contributed by atoms with van der Waals surface area (Å²) in [6.45, 7) is -1.36. The lowest BCUT2D eigenvalue weighted by atomic mass is 10.1. The van der Waals surface area contributed by atoms with Gasteiger partial charge < -0.3 is 0 Å². The summed E-state index contributed by atoms with van der Waals surface area (Å²) in [6, 6.07) is 1.95. The number of rotatable bonds is 2.